The molecular weight excluding hydrogens is 370 g/mol. The van der Waals surface area contributed by atoms with Gasteiger partial charge in [0.05, 0.1) is 17.3 Å². The van der Waals surface area contributed by atoms with Crippen LogP contribution >= 0.6 is 0 Å². The molecule has 2 aromatic rings. The number of carbonyl (C=O) groups excluding carboxylic acids is 3. The van der Waals surface area contributed by atoms with Crippen LogP contribution in [0.25, 0.3) is 0 Å². The van der Waals surface area contributed by atoms with Gasteiger partial charge in [-0.3, -0.25) is 19.4 Å². The van der Waals surface area contributed by atoms with Crippen LogP contribution in [-0.2, 0) is 15.0 Å². The predicted octanol–water partition coefficient (Wildman–Crippen LogP) is 1.00. The number of hydrogen-bond acceptors (Lipinski definition) is 5. The highest BCUT2D eigenvalue weighted by Crippen LogP contribution is 2.47. The number of hydrogen-bond donors (Lipinski definition) is 0. The van der Waals surface area contributed by atoms with Crippen LogP contribution in [0.5, 0.6) is 0 Å². The van der Waals surface area contributed by atoms with Gasteiger partial charge in [0.1, 0.15) is 12.2 Å². The number of carbonyl (C=O) groups is 3. The second-order valence-corrected chi connectivity index (χ2v) is 7.80. The van der Waals surface area contributed by atoms with E-state index in [0.29, 0.717) is 13.0 Å². The second-order valence-electron chi connectivity index (χ2n) is 7.80. The molecule has 0 radical (unpaired) electrons. The Balaban J connectivity index is 1.64. The molecule has 29 heavy (non-hydrogen) atoms. The van der Waals surface area contributed by atoms with Gasteiger partial charge in [0.2, 0.25) is 11.8 Å². The molecule has 0 saturated carbocycles. The number of para-hydroxylation sites is 1. The molecule has 2 aliphatic heterocycles. The lowest BCUT2D eigenvalue weighted by molar-refractivity contribution is -0.130. The molecule has 1 aromatic carbocycles. The van der Waals surface area contributed by atoms with Crippen molar-refractivity contribution in [3.63, 3.8) is 0 Å². The van der Waals surface area contributed by atoms with Crippen molar-refractivity contribution in [2.45, 2.75) is 18.8 Å². The van der Waals surface area contributed by atoms with Crippen LogP contribution in [0.3, 0.4) is 0 Å². The molecule has 3 amide bonds. The molecule has 1 unspecified atom stereocenters. The average molecular weight is 393 g/mol. The van der Waals surface area contributed by atoms with Crippen LogP contribution in [0.1, 0.15) is 28.2 Å². The SMILES string of the molecule is Cc1cnc(C(=O)N2CCC3(C2)C(=O)N(CC(=O)N(C)C)c2ccccc23)cn1. The maximum atomic E-state index is 13.5. The first-order chi connectivity index (χ1) is 13.8. The zero-order valence-electron chi connectivity index (χ0n) is 16.8. The number of amides is 3. The molecule has 0 bridgehead atoms. The molecule has 1 aromatic heterocycles. The Morgan fingerprint density at radius 3 is 2.62 bits per heavy atom. The number of nitrogens with zero attached hydrogens (tertiary/aromatic N) is 5. The minimum Gasteiger partial charge on any atom is -0.347 e. The van der Waals surface area contributed by atoms with Crippen LogP contribution < -0.4 is 4.90 Å². The van der Waals surface area contributed by atoms with Gasteiger partial charge >= 0.3 is 0 Å². The Labute approximate surface area is 169 Å². The Morgan fingerprint density at radius 2 is 1.93 bits per heavy atom. The predicted molar refractivity (Wildman–Crippen MR) is 106 cm³/mol. The van der Waals surface area contributed by atoms with E-state index in [1.165, 1.54) is 11.1 Å². The molecule has 8 nitrogen and oxygen atoms in total. The third-order valence-electron chi connectivity index (χ3n) is 5.71. The van der Waals surface area contributed by atoms with Crippen LogP contribution in [0, 0.1) is 6.92 Å². The van der Waals surface area contributed by atoms with Gasteiger partial charge in [-0.1, -0.05) is 18.2 Å². The zero-order valence-corrected chi connectivity index (χ0v) is 16.8. The van der Waals surface area contributed by atoms with E-state index in [0.717, 1.165) is 16.9 Å². The lowest BCUT2D eigenvalue weighted by atomic mass is 9.81. The fourth-order valence-electron chi connectivity index (χ4n) is 4.07. The highest BCUT2D eigenvalue weighted by Gasteiger charge is 2.55. The fraction of sp³-hybridized carbons (Fsp3) is 0.381. The van der Waals surface area contributed by atoms with E-state index in [9.17, 15) is 14.4 Å². The number of anilines is 1. The van der Waals surface area contributed by atoms with E-state index in [1.54, 1.807) is 30.1 Å². The third kappa shape index (κ3) is 3.04. The Kier molecular flexibility index (Phi) is 4.56. The molecule has 4 rings (SSSR count). The summed E-state index contributed by atoms with van der Waals surface area (Å²) in [6, 6.07) is 7.53. The van der Waals surface area contributed by atoms with Gasteiger partial charge in [-0.05, 0) is 25.0 Å². The zero-order chi connectivity index (χ0) is 20.8. The van der Waals surface area contributed by atoms with E-state index in [2.05, 4.69) is 9.97 Å². The molecule has 1 fully saturated rings. The third-order valence-corrected chi connectivity index (χ3v) is 5.71. The van der Waals surface area contributed by atoms with Crippen molar-refractivity contribution >= 4 is 23.4 Å². The first kappa shape index (κ1) is 19.0. The Hall–Kier alpha value is -3.29. The lowest BCUT2D eigenvalue weighted by Crippen LogP contribution is -2.46. The van der Waals surface area contributed by atoms with E-state index in [4.69, 9.17) is 0 Å². The highest BCUT2D eigenvalue weighted by molar-refractivity contribution is 6.11. The summed E-state index contributed by atoms with van der Waals surface area (Å²) in [7, 11) is 3.34. The quantitative estimate of drug-likeness (QED) is 0.777. The van der Waals surface area contributed by atoms with Crippen molar-refractivity contribution in [2.75, 3.05) is 38.6 Å². The number of likely N-dealkylation sites (tertiary alicyclic amines) is 1. The summed E-state index contributed by atoms with van der Waals surface area (Å²) in [6.07, 6.45) is 3.54. The van der Waals surface area contributed by atoms with E-state index >= 15 is 0 Å². The van der Waals surface area contributed by atoms with Crippen molar-refractivity contribution in [3.8, 4) is 0 Å². The van der Waals surface area contributed by atoms with Gasteiger partial charge in [-0.15, -0.1) is 0 Å². The van der Waals surface area contributed by atoms with Crippen LogP contribution in [0.15, 0.2) is 36.7 Å². The molecule has 2 aliphatic rings. The number of aromatic nitrogens is 2. The van der Waals surface area contributed by atoms with Gasteiger partial charge in [0.25, 0.3) is 5.91 Å². The first-order valence-electron chi connectivity index (χ1n) is 9.53. The summed E-state index contributed by atoms with van der Waals surface area (Å²) < 4.78 is 0. The van der Waals surface area contributed by atoms with E-state index in [-0.39, 0.29) is 36.5 Å². The van der Waals surface area contributed by atoms with Gasteiger partial charge in [-0.2, -0.15) is 0 Å². The fourth-order valence-corrected chi connectivity index (χ4v) is 4.07. The van der Waals surface area contributed by atoms with E-state index in [1.807, 2.05) is 31.2 Å². The van der Waals surface area contributed by atoms with Crippen LogP contribution in [0.4, 0.5) is 5.69 Å². The molecule has 8 heteroatoms. The van der Waals surface area contributed by atoms with E-state index < -0.39 is 5.41 Å². The minimum atomic E-state index is -0.822. The summed E-state index contributed by atoms with van der Waals surface area (Å²) in [5.74, 6) is -0.507. The van der Waals surface area contributed by atoms with Crippen molar-refractivity contribution in [1.29, 1.82) is 0 Å². The Bertz CT molecular complexity index is 988. The topological polar surface area (TPSA) is 86.7 Å². The smallest absolute Gasteiger partial charge is 0.274 e. The summed E-state index contributed by atoms with van der Waals surface area (Å²) >= 11 is 0. The molecule has 1 spiro atoms. The largest absolute Gasteiger partial charge is 0.347 e. The van der Waals surface area contributed by atoms with Gasteiger partial charge in [0, 0.05) is 39.1 Å². The standard InChI is InChI=1S/C21H23N5O3/c1-14-10-23-16(11-22-14)19(28)25-9-8-21(13-25)15-6-4-5-7-17(15)26(20(21)29)12-18(27)24(2)3/h4-7,10-11H,8-9,12-13H2,1-3H3. The van der Waals surface area contributed by atoms with Crippen molar-refractivity contribution in [2.24, 2.45) is 0 Å². The number of likely N-dealkylation sites (N-methyl/N-ethyl adjacent to an activating group) is 1. The van der Waals surface area contributed by atoms with Gasteiger partial charge in [-0.25, -0.2) is 4.98 Å². The van der Waals surface area contributed by atoms with Crippen LogP contribution in [0.2, 0.25) is 0 Å². The molecule has 0 N–H and O–H groups in total. The number of fused-ring (bicyclic) bond motifs is 2. The number of aryl methyl sites for hydroxylation is 1. The monoisotopic (exact) mass is 393 g/mol. The normalized spacial score (nSPS) is 20.3. The summed E-state index contributed by atoms with van der Waals surface area (Å²) in [5.41, 5.74) is 1.81. The lowest BCUT2D eigenvalue weighted by Gasteiger charge is -2.25. The van der Waals surface area contributed by atoms with Crippen molar-refractivity contribution in [1.82, 2.24) is 19.8 Å². The van der Waals surface area contributed by atoms with Gasteiger partial charge < -0.3 is 14.7 Å². The van der Waals surface area contributed by atoms with Crippen molar-refractivity contribution < 1.29 is 14.4 Å². The van der Waals surface area contributed by atoms with Crippen LogP contribution in [-0.4, -0.2) is 71.2 Å². The number of rotatable bonds is 3. The van der Waals surface area contributed by atoms with Crippen molar-refractivity contribution in [3.05, 3.63) is 53.6 Å². The first-order valence-corrected chi connectivity index (χ1v) is 9.53. The molecule has 1 saturated heterocycles. The molecule has 150 valence electrons. The maximum Gasteiger partial charge on any atom is 0.274 e. The Morgan fingerprint density at radius 1 is 1.17 bits per heavy atom. The molecule has 1 atom stereocenters. The maximum absolute atomic E-state index is 13.5. The highest BCUT2D eigenvalue weighted by atomic mass is 16.2. The number of benzene rings is 1. The summed E-state index contributed by atoms with van der Waals surface area (Å²) in [5, 5.41) is 0. The minimum absolute atomic E-state index is 0.0119. The summed E-state index contributed by atoms with van der Waals surface area (Å²) in [6.45, 7) is 2.51. The summed E-state index contributed by atoms with van der Waals surface area (Å²) in [4.78, 5) is 51.7. The second kappa shape index (κ2) is 6.95. The molecule has 0 aliphatic carbocycles. The molecule has 3 heterocycles. The molecular formula is C21H23N5O3. The average Bonchev–Trinajstić information content (AvgIpc) is 3.25. The van der Waals surface area contributed by atoms with Gasteiger partial charge in [0.15, 0.2) is 0 Å².